The van der Waals surface area contributed by atoms with Gasteiger partial charge in [0.05, 0.1) is 6.04 Å². The largest absolute Gasteiger partial charge is 0.438 e. The van der Waals surface area contributed by atoms with Crippen molar-refractivity contribution < 1.29 is 19.0 Å². The van der Waals surface area contributed by atoms with Crippen molar-refractivity contribution in [3.05, 3.63) is 71.0 Å². The van der Waals surface area contributed by atoms with Crippen molar-refractivity contribution in [2.75, 3.05) is 13.2 Å². The van der Waals surface area contributed by atoms with E-state index in [0.29, 0.717) is 19.4 Å². The third kappa shape index (κ3) is 4.96. The van der Waals surface area contributed by atoms with Crippen molar-refractivity contribution in [2.24, 2.45) is 0 Å². The molecular weight excluding hydrogens is 369 g/mol. The molecule has 2 aromatic carbocycles. The van der Waals surface area contributed by atoms with Crippen molar-refractivity contribution >= 4 is 6.09 Å². The topological polar surface area (TPSA) is 49.8 Å². The average Bonchev–Trinajstić information content (AvgIpc) is 2.72. The van der Waals surface area contributed by atoms with Crippen LogP contribution in [0.2, 0.25) is 0 Å². The number of hydrogen-bond donors (Lipinski definition) is 1. The fraction of sp³-hybridized carbons (Fsp3) is 0.458. The molecule has 1 saturated heterocycles. The number of rotatable bonds is 8. The van der Waals surface area contributed by atoms with Crippen LogP contribution in [0.4, 0.5) is 9.18 Å². The van der Waals surface area contributed by atoms with Gasteiger partial charge in [-0.25, -0.2) is 9.18 Å². The molecule has 3 rings (SSSR count). The molecule has 1 N–H and O–H groups in total. The molecule has 2 aromatic rings. The lowest BCUT2D eigenvalue weighted by Crippen LogP contribution is -2.48. The van der Waals surface area contributed by atoms with E-state index in [1.54, 1.807) is 17.0 Å². The van der Waals surface area contributed by atoms with E-state index < -0.39 is 5.60 Å². The van der Waals surface area contributed by atoms with Gasteiger partial charge in [0.25, 0.3) is 0 Å². The Balaban J connectivity index is 1.78. The maximum absolute atomic E-state index is 13.4. The summed E-state index contributed by atoms with van der Waals surface area (Å²) in [7, 11) is 0. The first kappa shape index (κ1) is 21.3. The second kappa shape index (κ2) is 9.40. The molecule has 156 valence electrons. The number of ether oxygens (including phenoxy) is 1. The summed E-state index contributed by atoms with van der Waals surface area (Å²) in [5.74, 6) is -0.305. The lowest BCUT2D eigenvalue weighted by molar-refractivity contribution is -0.0668. The molecule has 5 heteroatoms. The summed E-state index contributed by atoms with van der Waals surface area (Å²) in [6.07, 6.45) is 3.40. The SMILES string of the molecule is Cc1ccc([C@H](C)N2CC[C@](CCCCCO)(c3ccc(F)cc3)OC2=O)cc1. The van der Waals surface area contributed by atoms with Crippen molar-refractivity contribution in [1.29, 1.82) is 0 Å². The van der Waals surface area contributed by atoms with Gasteiger partial charge in [-0.2, -0.15) is 0 Å². The maximum atomic E-state index is 13.4. The highest BCUT2D eigenvalue weighted by molar-refractivity contribution is 5.70. The third-order valence-electron chi connectivity index (χ3n) is 5.91. The molecule has 1 heterocycles. The summed E-state index contributed by atoms with van der Waals surface area (Å²) < 4.78 is 19.5. The second-order valence-electron chi connectivity index (χ2n) is 7.93. The number of benzene rings is 2. The Bertz CT molecular complexity index is 806. The summed E-state index contributed by atoms with van der Waals surface area (Å²) >= 11 is 0. The minimum absolute atomic E-state index is 0.0799. The zero-order valence-electron chi connectivity index (χ0n) is 17.2. The van der Waals surface area contributed by atoms with Gasteiger partial charge >= 0.3 is 6.09 Å². The number of aryl methyl sites for hydroxylation is 1. The maximum Gasteiger partial charge on any atom is 0.411 e. The van der Waals surface area contributed by atoms with Crippen LogP contribution in [0.3, 0.4) is 0 Å². The minimum Gasteiger partial charge on any atom is -0.438 e. The summed E-state index contributed by atoms with van der Waals surface area (Å²) in [5.41, 5.74) is 2.34. The fourth-order valence-electron chi connectivity index (χ4n) is 4.02. The van der Waals surface area contributed by atoms with Crippen LogP contribution >= 0.6 is 0 Å². The average molecular weight is 400 g/mol. The molecule has 4 nitrogen and oxygen atoms in total. The van der Waals surface area contributed by atoms with E-state index in [0.717, 1.165) is 30.4 Å². The predicted octanol–water partition coefficient (Wildman–Crippen LogP) is 5.49. The molecule has 1 amide bonds. The first-order valence-electron chi connectivity index (χ1n) is 10.4. The molecule has 0 bridgehead atoms. The molecule has 0 spiro atoms. The van der Waals surface area contributed by atoms with Gasteiger partial charge in [0.1, 0.15) is 11.4 Å². The first-order chi connectivity index (χ1) is 13.9. The molecule has 1 aliphatic rings. The Morgan fingerprint density at radius 2 is 1.79 bits per heavy atom. The fourth-order valence-corrected chi connectivity index (χ4v) is 4.02. The summed E-state index contributed by atoms with van der Waals surface area (Å²) in [6.45, 7) is 4.78. The zero-order valence-corrected chi connectivity index (χ0v) is 17.2. The molecule has 1 fully saturated rings. The Kier molecular flexibility index (Phi) is 6.91. The van der Waals surface area contributed by atoms with Gasteiger partial charge in [-0.15, -0.1) is 0 Å². The second-order valence-corrected chi connectivity index (χ2v) is 7.93. The van der Waals surface area contributed by atoms with Crippen molar-refractivity contribution in [2.45, 2.75) is 57.6 Å². The van der Waals surface area contributed by atoms with E-state index >= 15 is 0 Å². The highest BCUT2D eigenvalue weighted by Gasteiger charge is 2.43. The van der Waals surface area contributed by atoms with Gasteiger partial charge in [-0.05, 0) is 56.4 Å². The molecule has 29 heavy (non-hydrogen) atoms. The van der Waals surface area contributed by atoms with Crippen LogP contribution in [-0.4, -0.2) is 29.3 Å². The van der Waals surface area contributed by atoms with E-state index in [1.807, 2.05) is 38.1 Å². The number of amides is 1. The molecule has 1 aliphatic heterocycles. The van der Waals surface area contributed by atoms with Crippen LogP contribution in [0.15, 0.2) is 48.5 Å². The summed E-state index contributed by atoms with van der Waals surface area (Å²) in [4.78, 5) is 14.8. The van der Waals surface area contributed by atoms with Crippen LogP contribution in [0.25, 0.3) is 0 Å². The van der Waals surface area contributed by atoms with Crippen LogP contribution in [0, 0.1) is 12.7 Å². The highest BCUT2D eigenvalue weighted by Crippen LogP contribution is 2.40. The normalized spacial score (nSPS) is 20.4. The van der Waals surface area contributed by atoms with Crippen molar-refractivity contribution in [3.8, 4) is 0 Å². The number of cyclic esters (lactones) is 1. The Labute approximate surface area is 172 Å². The lowest BCUT2D eigenvalue weighted by atomic mass is 9.83. The lowest BCUT2D eigenvalue weighted by Gasteiger charge is -2.43. The number of aliphatic hydroxyl groups is 1. The van der Waals surface area contributed by atoms with Crippen LogP contribution in [0.5, 0.6) is 0 Å². The number of carbonyl (C=O) groups is 1. The van der Waals surface area contributed by atoms with Crippen molar-refractivity contribution in [1.82, 2.24) is 4.90 Å². The minimum atomic E-state index is -0.746. The van der Waals surface area contributed by atoms with Gasteiger partial charge in [0.15, 0.2) is 0 Å². The first-order valence-corrected chi connectivity index (χ1v) is 10.4. The standard InChI is InChI=1S/C24H30FNO3/c1-18-6-8-20(9-7-18)19(2)26-16-15-24(29-23(26)28,14-4-3-5-17-27)21-10-12-22(25)13-11-21/h6-13,19,27H,3-5,14-17H2,1-2H3/t19-,24+/m0/s1. The predicted molar refractivity (Wildman–Crippen MR) is 111 cm³/mol. The van der Waals surface area contributed by atoms with Crippen LogP contribution in [-0.2, 0) is 10.3 Å². The van der Waals surface area contributed by atoms with E-state index in [-0.39, 0.29) is 24.6 Å². The van der Waals surface area contributed by atoms with E-state index in [1.165, 1.54) is 17.7 Å². The quantitative estimate of drug-likeness (QED) is 0.598. The summed E-state index contributed by atoms with van der Waals surface area (Å²) in [6, 6.07) is 14.4. The van der Waals surface area contributed by atoms with Crippen molar-refractivity contribution in [3.63, 3.8) is 0 Å². The third-order valence-corrected chi connectivity index (χ3v) is 5.91. The van der Waals surface area contributed by atoms with Crippen LogP contribution in [0.1, 0.15) is 61.8 Å². The smallest absolute Gasteiger partial charge is 0.411 e. The monoisotopic (exact) mass is 399 g/mol. The summed E-state index contributed by atoms with van der Waals surface area (Å²) in [5, 5.41) is 9.04. The molecule has 2 atom stereocenters. The Morgan fingerprint density at radius 3 is 2.41 bits per heavy atom. The van der Waals surface area contributed by atoms with Crippen LogP contribution < -0.4 is 0 Å². The van der Waals surface area contributed by atoms with E-state index in [2.05, 4.69) is 0 Å². The van der Waals surface area contributed by atoms with Gasteiger partial charge < -0.3 is 14.7 Å². The number of aliphatic hydroxyl groups excluding tert-OH is 1. The Hall–Kier alpha value is -2.40. The van der Waals surface area contributed by atoms with Gasteiger partial charge in [0, 0.05) is 19.6 Å². The molecule has 0 radical (unpaired) electrons. The molecule has 0 aromatic heterocycles. The van der Waals surface area contributed by atoms with Gasteiger partial charge in [-0.3, -0.25) is 0 Å². The number of nitrogens with zero attached hydrogens (tertiary/aromatic N) is 1. The number of carbonyl (C=O) groups excluding carboxylic acids is 1. The Morgan fingerprint density at radius 1 is 1.10 bits per heavy atom. The number of hydrogen-bond acceptors (Lipinski definition) is 3. The zero-order chi connectivity index (χ0) is 20.9. The molecule has 0 unspecified atom stereocenters. The number of unbranched alkanes of at least 4 members (excludes halogenated alkanes) is 2. The molecule has 0 saturated carbocycles. The highest BCUT2D eigenvalue weighted by atomic mass is 19.1. The number of halogens is 1. The van der Waals surface area contributed by atoms with E-state index in [4.69, 9.17) is 9.84 Å². The molecule has 0 aliphatic carbocycles. The molecular formula is C24H30FNO3. The van der Waals surface area contributed by atoms with Gasteiger partial charge in [-0.1, -0.05) is 48.4 Å². The van der Waals surface area contributed by atoms with E-state index in [9.17, 15) is 9.18 Å². The van der Waals surface area contributed by atoms with Gasteiger partial charge in [0.2, 0.25) is 0 Å².